The number of hydrogen-bond acceptors (Lipinski definition) is 10. The van der Waals surface area contributed by atoms with E-state index in [0.717, 1.165) is 17.1 Å². The van der Waals surface area contributed by atoms with E-state index >= 15 is 0 Å². The van der Waals surface area contributed by atoms with Gasteiger partial charge in [-0.2, -0.15) is 14.7 Å². The number of piperidine rings is 1. The molecule has 1 aliphatic heterocycles. The van der Waals surface area contributed by atoms with Crippen LogP contribution in [0.1, 0.15) is 29.8 Å². The Labute approximate surface area is 226 Å². The molecule has 0 spiro atoms. The number of aromatic nitrogens is 7. The molecule has 4 aromatic heterocycles. The smallest absolute Gasteiger partial charge is 0.262 e. The van der Waals surface area contributed by atoms with E-state index in [4.69, 9.17) is 0 Å². The number of hydrogen-bond donors (Lipinski definition) is 2. The quantitative estimate of drug-likeness (QED) is 0.332. The molecule has 4 aromatic rings. The van der Waals surface area contributed by atoms with Crippen molar-refractivity contribution in [3.63, 3.8) is 0 Å². The lowest BCUT2D eigenvalue weighted by atomic mass is 10.1. The van der Waals surface area contributed by atoms with Crippen LogP contribution >= 0.6 is 0 Å². The average molecular weight is 548 g/mol. The highest BCUT2D eigenvalue weighted by molar-refractivity contribution is 7.89. The highest BCUT2D eigenvalue weighted by atomic mass is 32.2. The number of anilines is 1. The SMILES string of the molecule is CNCc1ccc(-n2cc(-c3nc(NC4CCN(S(=O)(=O)c5cn(C)cn5)CC4)ncc3C#N)cn2)c(C)n1. The molecule has 0 amide bonds. The summed E-state index contributed by atoms with van der Waals surface area (Å²) >= 11 is 0. The maximum Gasteiger partial charge on any atom is 0.262 e. The van der Waals surface area contributed by atoms with Crippen LogP contribution in [0.5, 0.6) is 0 Å². The first-order valence-electron chi connectivity index (χ1n) is 12.5. The van der Waals surface area contributed by atoms with E-state index in [2.05, 4.69) is 41.7 Å². The minimum absolute atomic E-state index is 0.0199. The molecular weight excluding hydrogens is 518 g/mol. The van der Waals surface area contributed by atoms with Gasteiger partial charge in [0, 0.05) is 50.7 Å². The molecule has 14 heteroatoms. The largest absolute Gasteiger partial charge is 0.351 e. The second-order valence-electron chi connectivity index (χ2n) is 9.38. The standard InChI is InChI=1S/C25H29N11O2S/c1-17-22(5-4-21(31-17)13-27-2)36-14-19(12-30-36)24-18(10-26)11-28-25(33-24)32-20-6-8-35(9-7-20)39(37,38)23-15-34(3)16-29-23/h4-5,11-12,14-16,20,27H,6-9,13H2,1-3H3,(H,28,32,33). The van der Waals surface area contributed by atoms with Gasteiger partial charge in [0.2, 0.25) is 5.95 Å². The zero-order valence-corrected chi connectivity index (χ0v) is 22.7. The van der Waals surface area contributed by atoms with Crippen molar-refractivity contribution in [3.05, 3.63) is 60.2 Å². The molecule has 13 nitrogen and oxygen atoms in total. The summed E-state index contributed by atoms with van der Waals surface area (Å²) in [4.78, 5) is 17.6. The number of nitrogens with one attached hydrogen (secondary N) is 2. The summed E-state index contributed by atoms with van der Waals surface area (Å²) in [6.45, 7) is 3.31. The molecule has 2 N–H and O–H groups in total. The maximum atomic E-state index is 12.9. The predicted molar refractivity (Wildman–Crippen MR) is 143 cm³/mol. The van der Waals surface area contributed by atoms with Gasteiger partial charge in [0.1, 0.15) is 6.07 Å². The number of rotatable bonds is 8. The van der Waals surface area contributed by atoms with Crippen molar-refractivity contribution in [1.29, 1.82) is 5.26 Å². The van der Waals surface area contributed by atoms with Crippen LogP contribution in [0, 0.1) is 18.3 Å². The minimum Gasteiger partial charge on any atom is -0.351 e. The normalized spacial score (nSPS) is 14.8. The van der Waals surface area contributed by atoms with Crippen LogP contribution in [-0.4, -0.2) is 73.2 Å². The van der Waals surface area contributed by atoms with E-state index in [1.54, 1.807) is 22.5 Å². The molecule has 1 fully saturated rings. The predicted octanol–water partition coefficient (Wildman–Crippen LogP) is 1.62. The molecule has 0 unspecified atom stereocenters. The first kappa shape index (κ1) is 26.4. The van der Waals surface area contributed by atoms with Crippen molar-refractivity contribution in [2.75, 3.05) is 25.5 Å². The second-order valence-corrected chi connectivity index (χ2v) is 11.3. The Morgan fingerprint density at radius 2 is 1.92 bits per heavy atom. The zero-order valence-electron chi connectivity index (χ0n) is 21.9. The fourth-order valence-electron chi connectivity index (χ4n) is 4.53. The summed E-state index contributed by atoms with van der Waals surface area (Å²) < 4.78 is 30.5. The van der Waals surface area contributed by atoms with Gasteiger partial charge in [0.15, 0.2) is 5.03 Å². The van der Waals surface area contributed by atoms with Crippen LogP contribution in [0.2, 0.25) is 0 Å². The molecule has 0 aromatic carbocycles. The van der Waals surface area contributed by atoms with Crippen LogP contribution in [0.3, 0.4) is 0 Å². The molecule has 0 radical (unpaired) electrons. The van der Waals surface area contributed by atoms with Crippen LogP contribution in [0.25, 0.3) is 16.9 Å². The van der Waals surface area contributed by atoms with E-state index in [9.17, 15) is 13.7 Å². The number of imidazole rings is 1. The third kappa shape index (κ3) is 5.51. The van der Waals surface area contributed by atoms with Gasteiger partial charge in [-0.3, -0.25) is 4.98 Å². The molecular formula is C25H29N11O2S. The zero-order chi connectivity index (χ0) is 27.6. The molecule has 202 valence electrons. The van der Waals surface area contributed by atoms with Crippen molar-refractivity contribution in [2.24, 2.45) is 7.05 Å². The van der Waals surface area contributed by atoms with E-state index in [1.807, 2.05) is 32.3 Å². The number of aryl methyl sites for hydroxylation is 2. The fraction of sp³-hybridized carbons (Fsp3) is 0.360. The van der Waals surface area contributed by atoms with Crippen LogP contribution in [0.4, 0.5) is 5.95 Å². The van der Waals surface area contributed by atoms with Gasteiger partial charge in [-0.25, -0.2) is 28.1 Å². The molecule has 0 aliphatic carbocycles. The molecule has 0 bridgehead atoms. The summed E-state index contributed by atoms with van der Waals surface area (Å²) in [7, 11) is -0.0186. The van der Waals surface area contributed by atoms with Crippen molar-refractivity contribution >= 4 is 16.0 Å². The molecule has 39 heavy (non-hydrogen) atoms. The molecule has 5 heterocycles. The molecule has 1 saturated heterocycles. The number of nitrogens with zero attached hydrogens (tertiary/aromatic N) is 9. The van der Waals surface area contributed by atoms with E-state index < -0.39 is 10.0 Å². The summed E-state index contributed by atoms with van der Waals surface area (Å²) in [5.41, 5.74) is 4.07. The molecule has 5 rings (SSSR count). The second kappa shape index (κ2) is 10.9. The Morgan fingerprint density at radius 1 is 1.13 bits per heavy atom. The third-order valence-corrected chi connectivity index (χ3v) is 8.34. The lowest BCUT2D eigenvalue weighted by Crippen LogP contribution is -2.42. The van der Waals surface area contributed by atoms with Gasteiger partial charge >= 0.3 is 0 Å². The van der Waals surface area contributed by atoms with Crippen LogP contribution in [-0.2, 0) is 23.6 Å². The Hall–Kier alpha value is -4.19. The summed E-state index contributed by atoms with van der Waals surface area (Å²) in [6, 6.07) is 6.04. The highest BCUT2D eigenvalue weighted by Crippen LogP contribution is 2.25. The number of sulfonamides is 1. The Bertz CT molecular complexity index is 1630. The number of nitriles is 1. The van der Waals surface area contributed by atoms with Crippen molar-refractivity contribution in [3.8, 4) is 23.0 Å². The minimum atomic E-state index is -3.63. The lowest BCUT2D eigenvalue weighted by molar-refractivity contribution is 0.328. The molecule has 0 saturated carbocycles. The van der Waals surface area contributed by atoms with Gasteiger partial charge in [0.25, 0.3) is 10.0 Å². The molecule has 0 atom stereocenters. The average Bonchev–Trinajstić information content (AvgIpc) is 3.59. The maximum absolute atomic E-state index is 12.9. The van der Waals surface area contributed by atoms with Gasteiger partial charge in [-0.05, 0) is 38.9 Å². The van der Waals surface area contributed by atoms with E-state index in [-0.39, 0.29) is 11.1 Å². The van der Waals surface area contributed by atoms with Crippen molar-refractivity contribution in [1.82, 2.24) is 43.9 Å². The van der Waals surface area contributed by atoms with Crippen LogP contribution in [0.15, 0.2) is 48.3 Å². The first-order chi connectivity index (χ1) is 18.8. The van der Waals surface area contributed by atoms with Gasteiger partial charge in [-0.1, -0.05) is 0 Å². The number of pyridine rings is 1. The molecule has 1 aliphatic rings. The lowest BCUT2D eigenvalue weighted by Gasteiger charge is -2.31. The summed E-state index contributed by atoms with van der Waals surface area (Å²) in [5.74, 6) is 0.372. The first-order valence-corrected chi connectivity index (χ1v) is 13.9. The van der Waals surface area contributed by atoms with E-state index in [0.29, 0.717) is 55.2 Å². The van der Waals surface area contributed by atoms with Gasteiger partial charge in [0.05, 0.1) is 47.1 Å². The summed E-state index contributed by atoms with van der Waals surface area (Å²) in [5, 5.41) is 20.6. The Balaban J connectivity index is 1.30. The Morgan fingerprint density at radius 3 is 2.59 bits per heavy atom. The monoisotopic (exact) mass is 547 g/mol. The van der Waals surface area contributed by atoms with Crippen LogP contribution < -0.4 is 10.6 Å². The third-order valence-electron chi connectivity index (χ3n) is 6.56. The van der Waals surface area contributed by atoms with Crippen molar-refractivity contribution in [2.45, 2.75) is 37.4 Å². The van der Waals surface area contributed by atoms with E-state index in [1.165, 1.54) is 23.0 Å². The Kier molecular flexibility index (Phi) is 7.38. The summed E-state index contributed by atoms with van der Waals surface area (Å²) in [6.07, 6.45) is 9.11. The van der Waals surface area contributed by atoms with Gasteiger partial charge < -0.3 is 15.2 Å². The fourth-order valence-corrected chi connectivity index (χ4v) is 5.97. The topological polar surface area (TPSA) is 160 Å². The van der Waals surface area contributed by atoms with Crippen molar-refractivity contribution < 1.29 is 8.42 Å². The highest BCUT2D eigenvalue weighted by Gasteiger charge is 2.31. The van der Waals surface area contributed by atoms with Gasteiger partial charge in [-0.15, -0.1) is 0 Å².